The summed E-state index contributed by atoms with van der Waals surface area (Å²) in [5, 5.41) is 0. The molecule has 0 bridgehead atoms. The van der Waals surface area contributed by atoms with Gasteiger partial charge in [-0.2, -0.15) is 0 Å². The molecule has 0 saturated carbocycles. The van der Waals surface area contributed by atoms with Crippen molar-refractivity contribution in [3.63, 3.8) is 0 Å². The average Bonchev–Trinajstić information content (AvgIpc) is 3.40. The van der Waals surface area contributed by atoms with Crippen LogP contribution in [0.4, 0.5) is 15.4 Å². The van der Waals surface area contributed by atoms with Gasteiger partial charge in [0.2, 0.25) is 0 Å². The van der Waals surface area contributed by atoms with Gasteiger partial charge in [-0.05, 0) is 76.9 Å². The lowest BCUT2D eigenvalue weighted by Crippen LogP contribution is -2.45. The molecule has 2 atom stereocenters. The van der Waals surface area contributed by atoms with Gasteiger partial charge in [0.25, 0.3) is 0 Å². The lowest BCUT2D eigenvalue weighted by molar-refractivity contribution is -0.0334. The molecule has 42 heavy (non-hydrogen) atoms. The highest BCUT2D eigenvalue weighted by Crippen LogP contribution is 2.28. The first-order valence-corrected chi connectivity index (χ1v) is 14.1. The van der Waals surface area contributed by atoms with Crippen molar-refractivity contribution < 1.29 is 28.5 Å². The summed E-state index contributed by atoms with van der Waals surface area (Å²) in [6.45, 7) is 14.1. The quantitative estimate of drug-likeness (QED) is 0.460. The van der Waals surface area contributed by atoms with Crippen LogP contribution in [0.2, 0.25) is 0 Å². The van der Waals surface area contributed by atoms with E-state index in [1.807, 2.05) is 76.5 Å². The molecule has 0 aliphatic carbocycles. The number of fused-ring (bicyclic) bond motifs is 1. The zero-order valence-corrected chi connectivity index (χ0v) is 25.3. The van der Waals surface area contributed by atoms with Crippen LogP contribution in [0.1, 0.15) is 64.8 Å². The number of carbonyl (C=O) groups excluding carboxylic acids is 2. The monoisotopic (exact) mass is 582 g/mol. The average molecular weight is 583 g/mol. The Labute approximate surface area is 246 Å². The Kier molecular flexibility index (Phi) is 9.57. The van der Waals surface area contributed by atoms with Crippen molar-refractivity contribution in [1.82, 2.24) is 24.2 Å². The number of hydrogen-bond donors (Lipinski definition) is 1. The molecule has 0 aromatic carbocycles. The summed E-state index contributed by atoms with van der Waals surface area (Å²) >= 11 is 0. The smallest absolute Gasteiger partial charge is 0.410 e. The van der Waals surface area contributed by atoms with E-state index < -0.39 is 11.2 Å². The maximum atomic E-state index is 12.4. The molecule has 5 heterocycles. The van der Waals surface area contributed by atoms with Crippen LogP contribution in [0.15, 0.2) is 49.1 Å². The van der Waals surface area contributed by atoms with Crippen molar-refractivity contribution in [2.75, 3.05) is 45.3 Å². The SMILES string of the molecule is CC(C)(C)OC(=O)N1CCOCC1c1ccn2ccnc2c1.CC(C)(C)OC(=O)N1CCOCC1c1ccnc(N)c1. The molecule has 2 aliphatic rings. The first-order chi connectivity index (χ1) is 19.8. The third kappa shape index (κ3) is 8.32. The Balaban J connectivity index is 0.000000194. The number of carbonyl (C=O) groups is 2. The van der Waals surface area contributed by atoms with Gasteiger partial charge in [0, 0.05) is 37.9 Å². The second kappa shape index (κ2) is 13.0. The predicted octanol–water partition coefficient (Wildman–Crippen LogP) is 4.61. The summed E-state index contributed by atoms with van der Waals surface area (Å²) in [6.07, 6.45) is 6.58. The Hall–Kier alpha value is -3.90. The molecule has 2 unspecified atom stereocenters. The molecular weight excluding hydrogens is 540 g/mol. The van der Waals surface area contributed by atoms with E-state index in [0.717, 1.165) is 16.8 Å². The van der Waals surface area contributed by atoms with Crippen LogP contribution in [0.25, 0.3) is 5.65 Å². The molecule has 0 spiro atoms. The number of nitrogen functional groups attached to an aromatic ring is 1. The number of imidazole rings is 1. The van der Waals surface area contributed by atoms with Crippen LogP contribution in [0.3, 0.4) is 0 Å². The standard InChI is InChI=1S/C16H21N3O3.C14H21N3O3/c1-16(2,3)22-15(20)19-8-9-21-11-13(19)12-4-6-18-7-5-17-14(18)10-12;1-14(2,3)20-13(18)17-6-7-19-9-11(17)10-4-5-16-12(15)8-10/h4-7,10,13H,8-9,11H2,1-3H3;4-5,8,11H,6-7,9H2,1-3H3,(H2,15,16). The van der Waals surface area contributed by atoms with E-state index >= 15 is 0 Å². The summed E-state index contributed by atoms with van der Waals surface area (Å²) < 4.78 is 23.9. The van der Waals surface area contributed by atoms with Gasteiger partial charge in [-0.1, -0.05) is 0 Å². The molecule has 3 aromatic rings. The fourth-order valence-corrected chi connectivity index (χ4v) is 4.64. The number of nitrogens with two attached hydrogens (primary N) is 1. The molecule has 5 rings (SSSR count). The maximum absolute atomic E-state index is 12.4. The fourth-order valence-electron chi connectivity index (χ4n) is 4.64. The van der Waals surface area contributed by atoms with Gasteiger partial charge in [0.05, 0.1) is 38.5 Å². The molecule has 228 valence electrons. The minimum Gasteiger partial charge on any atom is -0.444 e. The van der Waals surface area contributed by atoms with Gasteiger partial charge in [0.1, 0.15) is 22.7 Å². The normalized spacial score (nSPS) is 19.6. The molecule has 2 aliphatic heterocycles. The van der Waals surface area contributed by atoms with Crippen LogP contribution >= 0.6 is 0 Å². The van der Waals surface area contributed by atoms with Gasteiger partial charge in [-0.3, -0.25) is 9.80 Å². The Morgan fingerprint density at radius 3 is 1.88 bits per heavy atom. The van der Waals surface area contributed by atoms with Gasteiger partial charge in [-0.15, -0.1) is 0 Å². The molecule has 2 fully saturated rings. The van der Waals surface area contributed by atoms with Crippen LogP contribution in [-0.4, -0.2) is 87.1 Å². The fraction of sp³-hybridized carbons (Fsp3) is 0.533. The Morgan fingerprint density at radius 2 is 1.36 bits per heavy atom. The predicted molar refractivity (Wildman–Crippen MR) is 157 cm³/mol. The van der Waals surface area contributed by atoms with Crippen LogP contribution < -0.4 is 5.73 Å². The van der Waals surface area contributed by atoms with Crippen LogP contribution in [0, 0.1) is 0 Å². The molecule has 12 nitrogen and oxygen atoms in total. The first-order valence-electron chi connectivity index (χ1n) is 14.1. The van der Waals surface area contributed by atoms with Crippen molar-refractivity contribution in [3.05, 3.63) is 60.2 Å². The van der Waals surface area contributed by atoms with Crippen molar-refractivity contribution in [2.45, 2.75) is 64.8 Å². The molecule has 2 N–H and O–H groups in total. The second-order valence-electron chi connectivity index (χ2n) is 12.2. The number of ether oxygens (including phenoxy) is 4. The molecule has 2 saturated heterocycles. The summed E-state index contributed by atoms with van der Waals surface area (Å²) in [5.74, 6) is 0.428. The number of hydrogen-bond acceptors (Lipinski definition) is 9. The number of rotatable bonds is 2. The van der Waals surface area contributed by atoms with E-state index in [1.54, 1.807) is 28.3 Å². The molecule has 12 heteroatoms. The van der Waals surface area contributed by atoms with Crippen LogP contribution in [-0.2, 0) is 18.9 Å². The maximum Gasteiger partial charge on any atom is 0.410 e. The number of aromatic nitrogens is 3. The van der Waals surface area contributed by atoms with Crippen molar-refractivity contribution >= 4 is 23.7 Å². The molecular formula is C30H42N6O6. The van der Waals surface area contributed by atoms with E-state index in [4.69, 9.17) is 24.7 Å². The number of pyridine rings is 2. The minimum absolute atomic E-state index is 0.148. The number of anilines is 1. The van der Waals surface area contributed by atoms with Gasteiger partial charge < -0.3 is 29.1 Å². The summed E-state index contributed by atoms with van der Waals surface area (Å²) in [5.41, 5.74) is 7.44. The zero-order valence-electron chi connectivity index (χ0n) is 25.3. The van der Waals surface area contributed by atoms with Crippen LogP contribution in [0.5, 0.6) is 0 Å². The summed E-state index contributed by atoms with van der Waals surface area (Å²) in [4.78, 5) is 36.4. The zero-order chi connectivity index (χ0) is 30.5. The highest BCUT2D eigenvalue weighted by atomic mass is 16.6. The van der Waals surface area contributed by atoms with E-state index in [1.165, 1.54) is 0 Å². The van der Waals surface area contributed by atoms with E-state index in [0.29, 0.717) is 45.3 Å². The van der Waals surface area contributed by atoms with Crippen molar-refractivity contribution in [1.29, 1.82) is 0 Å². The van der Waals surface area contributed by atoms with Gasteiger partial charge in [-0.25, -0.2) is 19.6 Å². The Morgan fingerprint density at radius 1 is 0.810 bits per heavy atom. The lowest BCUT2D eigenvalue weighted by atomic mass is 10.1. The largest absolute Gasteiger partial charge is 0.444 e. The highest BCUT2D eigenvalue weighted by molar-refractivity contribution is 5.69. The molecule has 0 radical (unpaired) electrons. The minimum atomic E-state index is -0.517. The van der Waals surface area contributed by atoms with E-state index in [2.05, 4.69) is 9.97 Å². The topological polar surface area (TPSA) is 134 Å². The first kappa shape index (κ1) is 31.0. The van der Waals surface area contributed by atoms with Crippen molar-refractivity contribution in [2.24, 2.45) is 0 Å². The molecule has 3 aromatic heterocycles. The van der Waals surface area contributed by atoms with Gasteiger partial charge >= 0.3 is 12.2 Å². The highest BCUT2D eigenvalue weighted by Gasteiger charge is 2.33. The summed E-state index contributed by atoms with van der Waals surface area (Å²) in [7, 11) is 0. The molecule has 2 amide bonds. The number of nitrogens with zero attached hydrogens (tertiary/aromatic N) is 5. The van der Waals surface area contributed by atoms with E-state index in [-0.39, 0.29) is 24.3 Å². The lowest BCUT2D eigenvalue weighted by Gasteiger charge is -2.36. The van der Waals surface area contributed by atoms with E-state index in [9.17, 15) is 9.59 Å². The summed E-state index contributed by atoms with van der Waals surface area (Å²) in [6, 6.07) is 7.24. The number of morpholine rings is 2. The number of amides is 2. The third-order valence-electron chi connectivity index (χ3n) is 6.51. The second-order valence-corrected chi connectivity index (χ2v) is 12.2. The Bertz CT molecular complexity index is 1360. The van der Waals surface area contributed by atoms with Crippen molar-refractivity contribution in [3.8, 4) is 0 Å². The van der Waals surface area contributed by atoms with Gasteiger partial charge in [0.15, 0.2) is 0 Å². The third-order valence-corrected chi connectivity index (χ3v) is 6.51.